The number of rotatable bonds is 1. The quantitative estimate of drug-likeness (QED) is 0.537. The third-order valence-electron chi connectivity index (χ3n) is 1.85. The van der Waals surface area contributed by atoms with Crippen LogP contribution in [0.15, 0.2) is 18.2 Å². The second-order valence-electron chi connectivity index (χ2n) is 3.16. The summed E-state index contributed by atoms with van der Waals surface area (Å²) in [5, 5.41) is 12.8. The van der Waals surface area contributed by atoms with Gasteiger partial charge in [-0.15, -0.1) is 0 Å². The lowest BCUT2D eigenvalue weighted by atomic mass is 9.98. The zero-order valence-corrected chi connectivity index (χ0v) is 8.84. The van der Waals surface area contributed by atoms with Crippen molar-refractivity contribution in [1.82, 2.24) is 0 Å². The molecule has 3 heteroatoms. The summed E-state index contributed by atoms with van der Waals surface area (Å²) >= 11 is 5.82. The Morgan fingerprint density at radius 3 is 2.15 bits per heavy atom. The lowest BCUT2D eigenvalue weighted by molar-refractivity contribution is -0.176. The highest BCUT2D eigenvalue weighted by atomic mass is 35.5. The molecule has 1 rings (SSSR count). The lowest BCUT2D eigenvalue weighted by Gasteiger charge is -2.08. The number of hydrogen-bond donors (Lipinski definition) is 2. The van der Waals surface area contributed by atoms with Crippen LogP contribution in [-0.2, 0) is 0 Å². The molecule has 74 valence electrons. The van der Waals surface area contributed by atoms with Gasteiger partial charge in [-0.25, -0.2) is 0 Å². The second kappa shape index (κ2) is 5.97. The van der Waals surface area contributed by atoms with Crippen LogP contribution in [0.4, 0.5) is 0 Å². The fraction of sp³-hybridized carbons (Fsp3) is 0.400. The SMILES string of the molecule is Cc1cc(Cl)ccc1C(C)C.OO. The zero-order valence-electron chi connectivity index (χ0n) is 8.08. The van der Waals surface area contributed by atoms with Gasteiger partial charge in [0.2, 0.25) is 0 Å². The first-order valence-electron chi connectivity index (χ1n) is 4.07. The van der Waals surface area contributed by atoms with Gasteiger partial charge in [0.25, 0.3) is 0 Å². The fourth-order valence-electron chi connectivity index (χ4n) is 1.29. The van der Waals surface area contributed by atoms with Gasteiger partial charge in [-0.05, 0) is 36.1 Å². The van der Waals surface area contributed by atoms with E-state index in [0.29, 0.717) is 5.92 Å². The summed E-state index contributed by atoms with van der Waals surface area (Å²) in [6, 6.07) is 6.06. The Morgan fingerprint density at radius 1 is 1.23 bits per heavy atom. The maximum Gasteiger partial charge on any atom is 0.0408 e. The van der Waals surface area contributed by atoms with Crippen LogP contribution in [0.3, 0.4) is 0 Å². The van der Waals surface area contributed by atoms with E-state index in [-0.39, 0.29) is 0 Å². The van der Waals surface area contributed by atoms with Gasteiger partial charge in [0.1, 0.15) is 0 Å². The third kappa shape index (κ3) is 3.77. The van der Waals surface area contributed by atoms with Gasteiger partial charge in [0, 0.05) is 5.02 Å². The number of halogens is 1. The van der Waals surface area contributed by atoms with Crippen LogP contribution in [0.2, 0.25) is 5.02 Å². The van der Waals surface area contributed by atoms with E-state index < -0.39 is 0 Å². The summed E-state index contributed by atoms with van der Waals surface area (Å²) in [7, 11) is 0. The third-order valence-corrected chi connectivity index (χ3v) is 2.09. The maximum atomic E-state index is 6.00. The van der Waals surface area contributed by atoms with Crippen molar-refractivity contribution in [3.63, 3.8) is 0 Å². The molecule has 0 aliphatic heterocycles. The molecule has 0 saturated heterocycles. The molecule has 0 aromatic heterocycles. The average molecular weight is 203 g/mol. The van der Waals surface area contributed by atoms with Crippen molar-refractivity contribution in [3.8, 4) is 0 Å². The second-order valence-corrected chi connectivity index (χ2v) is 3.59. The van der Waals surface area contributed by atoms with Crippen molar-refractivity contribution >= 4 is 11.6 Å². The molecule has 0 unspecified atom stereocenters. The number of hydrogen-bond acceptors (Lipinski definition) is 2. The molecule has 0 heterocycles. The number of benzene rings is 1. The van der Waals surface area contributed by atoms with Gasteiger partial charge in [0.15, 0.2) is 0 Å². The van der Waals surface area contributed by atoms with E-state index in [0.717, 1.165) is 5.02 Å². The van der Waals surface area contributed by atoms with Crippen LogP contribution in [0, 0.1) is 6.92 Å². The van der Waals surface area contributed by atoms with Gasteiger partial charge >= 0.3 is 0 Å². The minimum absolute atomic E-state index is 0.590. The number of aryl methyl sites for hydroxylation is 1. The van der Waals surface area contributed by atoms with Crippen molar-refractivity contribution in [2.45, 2.75) is 26.7 Å². The summed E-state index contributed by atoms with van der Waals surface area (Å²) in [6.07, 6.45) is 0. The van der Waals surface area contributed by atoms with E-state index in [2.05, 4.69) is 26.8 Å². The molecule has 0 spiro atoms. The fourth-order valence-corrected chi connectivity index (χ4v) is 1.51. The van der Waals surface area contributed by atoms with Gasteiger partial charge in [0.05, 0.1) is 0 Å². The van der Waals surface area contributed by atoms with Crippen LogP contribution < -0.4 is 0 Å². The molecule has 1 aromatic rings. The van der Waals surface area contributed by atoms with E-state index in [1.807, 2.05) is 12.1 Å². The summed E-state index contributed by atoms with van der Waals surface area (Å²) < 4.78 is 0. The van der Waals surface area contributed by atoms with Crippen molar-refractivity contribution in [3.05, 3.63) is 34.3 Å². The Labute approximate surface area is 83.7 Å². The molecule has 0 bridgehead atoms. The normalized spacial score (nSPS) is 9.46. The minimum atomic E-state index is 0.590. The van der Waals surface area contributed by atoms with E-state index in [4.69, 9.17) is 22.1 Å². The topological polar surface area (TPSA) is 40.5 Å². The Bertz CT molecular complexity index is 259. The lowest BCUT2D eigenvalue weighted by Crippen LogP contribution is -1.90. The highest BCUT2D eigenvalue weighted by Crippen LogP contribution is 2.21. The van der Waals surface area contributed by atoms with Crippen molar-refractivity contribution in [2.75, 3.05) is 0 Å². The predicted octanol–water partition coefficient (Wildman–Crippen LogP) is 3.79. The molecule has 0 saturated carbocycles. The molecule has 0 aliphatic rings. The van der Waals surface area contributed by atoms with Gasteiger partial charge in [-0.3, -0.25) is 10.5 Å². The zero-order chi connectivity index (χ0) is 10.4. The highest BCUT2D eigenvalue weighted by molar-refractivity contribution is 6.30. The Balaban J connectivity index is 0.000000671. The van der Waals surface area contributed by atoms with Crippen LogP contribution in [-0.4, -0.2) is 10.5 Å². The predicted molar refractivity (Wildman–Crippen MR) is 55.5 cm³/mol. The Hall–Kier alpha value is -0.570. The van der Waals surface area contributed by atoms with E-state index in [1.165, 1.54) is 11.1 Å². The first kappa shape index (κ1) is 12.4. The molecule has 13 heavy (non-hydrogen) atoms. The molecule has 0 atom stereocenters. The Morgan fingerprint density at radius 2 is 1.77 bits per heavy atom. The molecule has 2 N–H and O–H groups in total. The van der Waals surface area contributed by atoms with Gasteiger partial charge in [-0.2, -0.15) is 0 Å². The maximum absolute atomic E-state index is 6.00. The monoisotopic (exact) mass is 202 g/mol. The average Bonchev–Trinajstić information content (AvgIpc) is 2.07. The summed E-state index contributed by atoms with van der Waals surface area (Å²) in [6.45, 7) is 6.48. The summed E-state index contributed by atoms with van der Waals surface area (Å²) in [5.74, 6) is 0.590. The smallest absolute Gasteiger partial charge is 0.0408 e. The summed E-state index contributed by atoms with van der Waals surface area (Å²) in [4.78, 5) is 0. The van der Waals surface area contributed by atoms with Gasteiger partial charge in [-0.1, -0.05) is 31.5 Å². The molecule has 0 radical (unpaired) electrons. The first-order chi connectivity index (χ1) is 6.11. The van der Waals surface area contributed by atoms with Crippen LogP contribution in [0.1, 0.15) is 30.9 Å². The molecular weight excluding hydrogens is 188 g/mol. The molecular formula is C10H15ClO2. The molecule has 1 aromatic carbocycles. The van der Waals surface area contributed by atoms with E-state index >= 15 is 0 Å². The standard InChI is InChI=1S/C10H13Cl.H2O2/c1-7(2)10-5-4-9(11)6-8(10)3;1-2/h4-7H,1-3H3;1-2H. The molecule has 0 aliphatic carbocycles. The van der Waals surface area contributed by atoms with Crippen LogP contribution in [0.5, 0.6) is 0 Å². The van der Waals surface area contributed by atoms with Crippen molar-refractivity contribution in [1.29, 1.82) is 0 Å². The van der Waals surface area contributed by atoms with E-state index in [1.54, 1.807) is 0 Å². The van der Waals surface area contributed by atoms with Crippen molar-refractivity contribution in [2.24, 2.45) is 0 Å². The molecule has 0 amide bonds. The molecule has 2 nitrogen and oxygen atoms in total. The van der Waals surface area contributed by atoms with Crippen LogP contribution in [0.25, 0.3) is 0 Å². The first-order valence-corrected chi connectivity index (χ1v) is 4.45. The van der Waals surface area contributed by atoms with E-state index in [9.17, 15) is 0 Å². The highest BCUT2D eigenvalue weighted by Gasteiger charge is 2.02. The Kier molecular flexibility index (Phi) is 5.71. The van der Waals surface area contributed by atoms with Crippen molar-refractivity contribution < 1.29 is 10.5 Å². The van der Waals surface area contributed by atoms with Gasteiger partial charge < -0.3 is 0 Å². The largest absolute Gasteiger partial charge is 0.255 e. The summed E-state index contributed by atoms with van der Waals surface area (Å²) in [5.41, 5.74) is 2.67. The molecule has 0 fully saturated rings. The van der Waals surface area contributed by atoms with Crippen LogP contribution >= 0.6 is 11.6 Å². The minimum Gasteiger partial charge on any atom is -0.255 e.